The normalized spacial score (nSPS) is 15.2. The van der Waals surface area contributed by atoms with Crippen LogP contribution in [0.4, 0.5) is 21.8 Å². The van der Waals surface area contributed by atoms with Gasteiger partial charge in [0.15, 0.2) is 0 Å². The van der Waals surface area contributed by atoms with Crippen LogP contribution in [0.1, 0.15) is 37.4 Å². The molecule has 0 bridgehead atoms. The molecule has 2 heterocycles. The zero-order valence-corrected chi connectivity index (χ0v) is 18.2. The van der Waals surface area contributed by atoms with Crippen LogP contribution in [0.15, 0.2) is 24.3 Å². The maximum atomic E-state index is 13.6. The Kier molecular flexibility index (Phi) is 10.1. The van der Waals surface area contributed by atoms with Gasteiger partial charge in [0.2, 0.25) is 5.95 Å². The third-order valence-electron chi connectivity index (χ3n) is 4.82. The first-order valence-electron chi connectivity index (χ1n) is 9.39. The number of likely N-dealkylation sites (N-methyl/N-ethyl adjacent to an activating group) is 1. The second-order valence-electron chi connectivity index (χ2n) is 6.80. The number of halogens is 3. The van der Waals surface area contributed by atoms with Crippen LogP contribution < -0.4 is 15.5 Å². The van der Waals surface area contributed by atoms with E-state index in [1.807, 2.05) is 13.1 Å². The smallest absolute Gasteiger partial charge is 0.229 e. The van der Waals surface area contributed by atoms with Gasteiger partial charge in [-0.1, -0.05) is 13.3 Å². The summed E-state index contributed by atoms with van der Waals surface area (Å²) in [5.74, 6) is 0.845. The predicted octanol–water partition coefficient (Wildman–Crippen LogP) is 4.22. The van der Waals surface area contributed by atoms with Crippen LogP contribution in [0.3, 0.4) is 0 Å². The van der Waals surface area contributed by atoms with Crippen molar-refractivity contribution >= 4 is 42.3 Å². The van der Waals surface area contributed by atoms with Crippen molar-refractivity contribution in [2.24, 2.45) is 0 Å². The summed E-state index contributed by atoms with van der Waals surface area (Å²) in [6.45, 7) is 4.01. The molecule has 6 nitrogen and oxygen atoms in total. The van der Waals surface area contributed by atoms with Gasteiger partial charge in [-0.2, -0.15) is 10.2 Å². The number of hydrogen-bond donors (Lipinski definition) is 2. The molecule has 0 amide bonds. The van der Waals surface area contributed by atoms with Crippen molar-refractivity contribution in [3.8, 4) is 6.07 Å². The Morgan fingerprint density at radius 1 is 1.28 bits per heavy atom. The summed E-state index contributed by atoms with van der Waals surface area (Å²) >= 11 is 0. The van der Waals surface area contributed by atoms with Gasteiger partial charge < -0.3 is 15.5 Å². The molecule has 9 heteroatoms. The maximum absolute atomic E-state index is 13.6. The number of nitriles is 1. The van der Waals surface area contributed by atoms with Gasteiger partial charge >= 0.3 is 0 Å². The fraction of sp³-hybridized carbons (Fsp3) is 0.450. The van der Waals surface area contributed by atoms with Crippen molar-refractivity contribution in [3.63, 3.8) is 0 Å². The highest BCUT2D eigenvalue weighted by Crippen LogP contribution is 2.23. The summed E-state index contributed by atoms with van der Waals surface area (Å²) in [7, 11) is 1.98. The molecule has 0 radical (unpaired) electrons. The lowest BCUT2D eigenvalue weighted by molar-refractivity contribution is 0.616. The average Bonchev–Trinajstić information content (AvgIpc) is 3.17. The Labute approximate surface area is 183 Å². The van der Waals surface area contributed by atoms with Crippen molar-refractivity contribution in [1.82, 2.24) is 15.3 Å². The van der Waals surface area contributed by atoms with E-state index in [1.54, 1.807) is 6.07 Å². The van der Waals surface area contributed by atoms with Gasteiger partial charge in [-0.3, -0.25) is 0 Å². The van der Waals surface area contributed by atoms with Crippen LogP contribution in [0.25, 0.3) is 0 Å². The minimum atomic E-state index is -0.531. The first-order valence-corrected chi connectivity index (χ1v) is 9.39. The van der Waals surface area contributed by atoms with E-state index in [0.717, 1.165) is 50.3 Å². The SMILES string of the molecule is CCCCc1cc(N2CCC(NC)C2)nc(Nc2ccc(F)c(C#N)c2)n1.Cl.Cl. The summed E-state index contributed by atoms with van der Waals surface area (Å²) in [6.07, 6.45) is 4.12. The molecule has 2 N–H and O–H groups in total. The molecule has 0 aliphatic carbocycles. The first kappa shape index (κ1) is 24.9. The number of nitrogens with one attached hydrogen (secondary N) is 2. The molecule has 1 aliphatic rings. The number of benzene rings is 1. The largest absolute Gasteiger partial charge is 0.355 e. The van der Waals surface area contributed by atoms with Gasteiger partial charge in [-0.15, -0.1) is 24.8 Å². The maximum Gasteiger partial charge on any atom is 0.229 e. The minimum Gasteiger partial charge on any atom is -0.355 e. The molecule has 1 unspecified atom stereocenters. The molecule has 1 saturated heterocycles. The van der Waals surface area contributed by atoms with E-state index in [-0.39, 0.29) is 30.4 Å². The van der Waals surface area contributed by atoms with Gasteiger partial charge in [0.25, 0.3) is 0 Å². The Bertz CT molecular complexity index is 842. The molecule has 0 spiro atoms. The number of rotatable bonds is 7. The quantitative estimate of drug-likeness (QED) is 0.670. The van der Waals surface area contributed by atoms with Crippen molar-refractivity contribution in [2.45, 2.75) is 38.6 Å². The van der Waals surface area contributed by atoms with Crippen LogP contribution in [-0.2, 0) is 6.42 Å². The van der Waals surface area contributed by atoms with Crippen LogP contribution in [-0.4, -0.2) is 36.1 Å². The molecule has 1 aliphatic heterocycles. The summed E-state index contributed by atoms with van der Waals surface area (Å²) in [4.78, 5) is 11.5. The zero-order valence-electron chi connectivity index (χ0n) is 16.6. The van der Waals surface area contributed by atoms with Gasteiger partial charge in [-0.05, 0) is 44.5 Å². The van der Waals surface area contributed by atoms with E-state index < -0.39 is 5.82 Å². The van der Waals surface area contributed by atoms with Crippen molar-refractivity contribution < 1.29 is 4.39 Å². The molecule has 158 valence electrons. The highest BCUT2D eigenvalue weighted by Gasteiger charge is 2.23. The molecule has 0 saturated carbocycles. The number of hydrogen-bond acceptors (Lipinski definition) is 6. The highest BCUT2D eigenvalue weighted by molar-refractivity contribution is 5.85. The van der Waals surface area contributed by atoms with E-state index in [4.69, 9.17) is 5.26 Å². The minimum absolute atomic E-state index is 0. The summed E-state index contributed by atoms with van der Waals surface area (Å²) in [5.41, 5.74) is 1.58. The third kappa shape index (κ3) is 6.43. The van der Waals surface area contributed by atoms with E-state index in [2.05, 4.69) is 38.5 Å². The number of nitrogens with zero attached hydrogens (tertiary/aromatic N) is 4. The zero-order chi connectivity index (χ0) is 19.2. The summed E-state index contributed by atoms with van der Waals surface area (Å²) in [5, 5.41) is 15.5. The second-order valence-corrected chi connectivity index (χ2v) is 6.80. The molecular formula is C20H27Cl2FN6. The Balaban J connectivity index is 0.00000210. The lowest BCUT2D eigenvalue weighted by Crippen LogP contribution is -2.30. The van der Waals surface area contributed by atoms with E-state index >= 15 is 0 Å². The van der Waals surface area contributed by atoms with Gasteiger partial charge in [0.05, 0.1) is 5.56 Å². The van der Waals surface area contributed by atoms with Crippen LogP contribution in [0, 0.1) is 17.1 Å². The second kappa shape index (κ2) is 11.8. The van der Waals surface area contributed by atoms with E-state index in [1.165, 1.54) is 12.1 Å². The van der Waals surface area contributed by atoms with Crippen LogP contribution in [0.5, 0.6) is 0 Å². The van der Waals surface area contributed by atoms with E-state index in [9.17, 15) is 4.39 Å². The number of anilines is 3. The number of aryl methyl sites for hydroxylation is 1. The topological polar surface area (TPSA) is 76.9 Å². The Hall–Kier alpha value is -2.14. The summed E-state index contributed by atoms with van der Waals surface area (Å²) < 4.78 is 13.6. The van der Waals surface area contributed by atoms with Crippen molar-refractivity contribution in [3.05, 3.63) is 41.3 Å². The van der Waals surface area contributed by atoms with Gasteiger partial charge in [0.1, 0.15) is 17.7 Å². The standard InChI is InChI=1S/C20H25FN6.2ClH/c1-3-4-5-15-11-19(27-9-8-17(13-27)23-2)26-20(24-15)25-16-6-7-18(21)14(10-16)12-22;;/h6-7,10-11,17,23H,3-5,8-9,13H2,1-2H3,(H,24,25,26);2*1H. The Morgan fingerprint density at radius 2 is 2.07 bits per heavy atom. The molecule has 1 aromatic carbocycles. The fourth-order valence-corrected chi connectivity index (χ4v) is 3.21. The lowest BCUT2D eigenvalue weighted by atomic mass is 10.2. The first-order chi connectivity index (χ1) is 13.1. The Morgan fingerprint density at radius 3 is 2.72 bits per heavy atom. The van der Waals surface area contributed by atoms with Crippen molar-refractivity contribution in [1.29, 1.82) is 5.26 Å². The monoisotopic (exact) mass is 440 g/mol. The van der Waals surface area contributed by atoms with Gasteiger partial charge in [-0.25, -0.2) is 9.37 Å². The summed E-state index contributed by atoms with van der Waals surface area (Å²) in [6, 6.07) is 8.72. The average molecular weight is 441 g/mol. The van der Waals surface area contributed by atoms with E-state index in [0.29, 0.717) is 17.7 Å². The molecule has 1 fully saturated rings. The third-order valence-corrected chi connectivity index (χ3v) is 4.82. The van der Waals surface area contributed by atoms with Crippen LogP contribution in [0.2, 0.25) is 0 Å². The van der Waals surface area contributed by atoms with Gasteiger partial charge in [0, 0.05) is 36.6 Å². The lowest BCUT2D eigenvalue weighted by Gasteiger charge is -2.19. The fourth-order valence-electron chi connectivity index (χ4n) is 3.21. The molecule has 1 aromatic heterocycles. The number of aromatic nitrogens is 2. The molecule has 2 aromatic rings. The highest BCUT2D eigenvalue weighted by atomic mass is 35.5. The van der Waals surface area contributed by atoms with Crippen LogP contribution >= 0.6 is 24.8 Å². The predicted molar refractivity (Wildman–Crippen MR) is 119 cm³/mol. The molecular weight excluding hydrogens is 414 g/mol. The molecule has 1 atom stereocenters. The van der Waals surface area contributed by atoms with Crippen molar-refractivity contribution in [2.75, 3.05) is 30.4 Å². The number of unbranched alkanes of at least 4 members (excludes halogenated alkanes) is 1. The molecule has 29 heavy (non-hydrogen) atoms. The molecule has 3 rings (SSSR count).